The lowest BCUT2D eigenvalue weighted by atomic mass is 9.80. The largest absolute Gasteiger partial charge is 0.491 e. The first-order valence-electron chi connectivity index (χ1n) is 6.65. The van der Waals surface area contributed by atoms with Gasteiger partial charge in [0.1, 0.15) is 11.5 Å². The summed E-state index contributed by atoms with van der Waals surface area (Å²) < 4.78 is 11.0. The molecule has 3 rings (SSSR count). The van der Waals surface area contributed by atoms with Crippen LogP contribution in [-0.4, -0.2) is 18.7 Å². The monoisotopic (exact) mass is 269 g/mol. The number of benzene rings is 2. The Hall–Kier alpha value is -1.82. The van der Waals surface area contributed by atoms with Crippen molar-refractivity contribution in [3.63, 3.8) is 0 Å². The third-order valence-corrected chi connectivity index (χ3v) is 3.34. The predicted molar refractivity (Wildman–Crippen MR) is 78.1 cm³/mol. The van der Waals surface area contributed by atoms with Gasteiger partial charge in [0.25, 0.3) is 0 Å². The van der Waals surface area contributed by atoms with Gasteiger partial charge in [-0.2, -0.15) is 0 Å². The third kappa shape index (κ3) is 2.70. The fraction of sp³-hybridized carbons (Fsp3) is 0.200. The van der Waals surface area contributed by atoms with Gasteiger partial charge in [-0.25, -0.2) is 0 Å². The number of rotatable bonds is 4. The van der Waals surface area contributed by atoms with E-state index in [1.165, 1.54) is 0 Å². The van der Waals surface area contributed by atoms with Gasteiger partial charge >= 0.3 is 7.12 Å². The van der Waals surface area contributed by atoms with E-state index in [0.29, 0.717) is 13.2 Å². The second-order valence-corrected chi connectivity index (χ2v) is 4.81. The van der Waals surface area contributed by atoms with Crippen LogP contribution in [0.5, 0.6) is 11.5 Å². The van der Waals surface area contributed by atoms with Crippen molar-refractivity contribution in [3.05, 3.63) is 53.6 Å². The fourth-order valence-electron chi connectivity index (χ4n) is 2.34. The Labute approximate surface area is 118 Å². The molecule has 0 radical (unpaired) electrons. The smallest absolute Gasteiger partial charge is 0.457 e. The second kappa shape index (κ2) is 5.67. The Balaban J connectivity index is 1.79. The summed E-state index contributed by atoms with van der Waals surface area (Å²) >= 11 is 0. The number of fused-ring (bicyclic) bond motifs is 1. The highest BCUT2D eigenvalue weighted by Crippen LogP contribution is 2.24. The molecule has 2 aromatic carbocycles. The molecule has 0 atom stereocenters. The van der Waals surface area contributed by atoms with Crippen molar-refractivity contribution in [1.29, 1.82) is 0 Å². The van der Waals surface area contributed by atoms with Crippen LogP contribution in [0, 0.1) is 0 Å². The van der Waals surface area contributed by atoms with Crippen LogP contribution in [0.15, 0.2) is 42.5 Å². The van der Waals surface area contributed by atoms with Crippen molar-refractivity contribution in [2.75, 3.05) is 6.54 Å². The lowest BCUT2D eigenvalue weighted by Gasteiger charge is -2.08. The molecule has 0 amide bonds. The van der Waals surface area contributed by atoms with Gasteiger partial charge in [0, 0.05) is 0 Å². The molecular formula is C15H16BNO3. The molecule has 5 heteroatoms. The van der Waals surface area contributed by atoms with Crippen LogP contribution in [0.3, 0.4) is 0 Å². The molecule has 1 aliphatic rings. The molecule has 1 aliphatic heterocycles. The maximum atomic E-state index is 9.58. The first kappa shape index (κ1) is 13.2. The van der Waals surface area contributed by atoms with E-state index in [9.17, 15) is 5.02 Å². The normalized spacial score (nSPS) is 13.4. The van der Waals surface area contributed by atoms with Crippen molar-refractivity contribution in [1.82, 2.24) is 0 Å². The topological polar surface area (TPSA) is 64.7 Å². The van der Waals surface area contributed by atoms with Crippen LogP contribution >= 0.6 is 0 Å². The van der Waals surface area contributed by atoms with Gasteiger partial charge in [-0.15, -0.1) is 0 Å². The first-order valence-corrected chi connectivity index (χ1v) is 6.65. The third-order valence-electron chi connectivity index (χ3n) is 3.34. The van der Waals surface area contributed by atoms with Gasteiger partial charge in [0.2, 0.25) is 0 Å². The highest BCUT2D eigenvalue weighted by molar-refractivity contribution is 6.61. The quantitative estimate of drug-likeness (QED) is 0.818. The number of nitrogens with two attached hydrogens (primary N) is 1. The fourth-order valence-corrected chi connectivity index (χ4v) is 2.34. The summed E-state index contributed by atoms with van der Waals surface area (Å²) in [5.41, 5.74) is 8.50. The second-order valence-electron chi connectivity index (χ2n) is 4.81. The highest BCUT2D eigenvalue weighted by atomic mass is 16.5. The Bertz CT molecular complexity index is 618. The molecule has 0 saturated heterocycles. The molecule has 0 aromatic heterocycles. The Morgan fingerprint density at radius 3 is 2.90 bits per heavy atom. The van der Waals surface area contributed by atoms with Crippen LogP contribution in [0.25, 0.3) is 0 Å². The van der Waals surface area contributed by atoms with Crippen molar-refractivity contribution in [3.8, 4) is 11.5 Å². The van der Waals surface area contributed by atoms with Crippen molar-refractivity contribution < 1.29 is 14.4 Å². The molecule has 3 N–H and O–H groups in total. The summed E-state index contributed by atoms with van der Waals surface area (Å²) in [4.78, 5) is 0. The van der Waals surface area contributed by atoms with Gasteiger partial charge in [0.05, 0.1) is 6.61 Å². The molecule has 0 spiro atoms. The molecule has 2 aromatic rings. The molecule has 0 bridgehead atoms. The summed E-state index contributed by atoms with van der Waals surface area (Å²) in [6, 6.07) is 13.5. The molecule has 1 heterocycles. The average molecular weight is 269 g/mol. The van der Waals surface area contributed by atoms with Crippen molar-refractivity contribution in [2.24, 2.45) is 5.73 Å². The highest BCUT2D eigenvalue weighted by Gasteiger charge is 2.27. The molecule has 0 aliphatic carbocycles. The molecule has 0 saturated carbocycles. The van der Waals surface area contributed by atoms with Crippen LogP contribution in [0.2, 0.25) is 0 Å². The van der Waals surface area contributed by atoms with Crippen LogP contribution in [0.4, 0.5) is 0 Å². The maximum absolute atomic E-state index is 9.58. The number of hydrogen-bond acceptors (Lipinski definition) is 4. The van der Waals surface area contributed by atoms with E-state index < -0.39 is 7.12 Å². The van der Waals surface area contributed by atoms with Gasteiger partial charge in [-0.3, -0.25) is 0 Å². The van der Waals surface area contributed by atoms with E-state index in [-0.39, 0.29) is 0 Å². The summed E-state index contributed by atoms with van der Waals surface area (Å²) in [6.45, 7) is 1.04. The van der Waals surface area contributed by atoms with Gasteiger partial charge in [-0.1, -0.05) is 18.2 Å². The standard InChI is InChI=1S/C15H16BNO3/c17-7-6-11-2-1-3-13(8-11)20-14-4-5-15-12(9-14)10-19-16(15)18/h1-5,8-9,18H,6-7,10,17H2. The van der Waals surface area contributed by atoms with E-state index in [1.54, 1.807) is 0 Å². The minimum Gasteiger partial charge on any atom is -0.457 e. The molecule has 4 nitrogen and oxygen atoms in total. The van der Waals surface area contributed by atoms with E-state index >= 15 is 0 Å². The van der Waals surface area contributed by atoms with Crippen LogP contribution in [0.1, 0.15) is 11.1 Å². The maximum Gasteiger partial charge on any atom is 0.491 e. The molecule has 0 unspecified atom stereocenters. The Morgan fingerprint density at radius 2 is 2.05 bits per heavy atom. The van der Waals surface area contributed by atoms with Gasteiger partial charge < -0.3 is 20.1 Å². The predicted octanol–water partition coefficient (Wildman–Crippen LogP) is 1.20. The van der Waals surface area contributed by atoms with Crippen LogP contribution < -0.4 is 15.9 Å². The van der Waals surface area contributed by atoms with Crippen molar-refractivity contribution in [2.45, 2.75) is 13.0 Å². The van der Waals surface area contributed by atoms with E-state index in [4.69, 9.17) is 15.1 Å². The average Bonchev–Trinajstić information content (AvgIpc) is 2.81. The molecule has 20 heavy (non-hydrogen) atoms. The summed E-state index contributed by atoms with van der Waals surface area (Å²) in [7, 11) is -0.813. The van der Waals surface area contributed by atoms with Crippen molar-refractivity contribution >= 4 is 12.6 Å². The molecular weight excluding hydrogens is 253 g/mol. The summed E-state index contributed by atoms with van der Waals surface area (Å²) in [5, 5.41) is 9.58. The zero-order chi connectivity index (χ0) is 13.9. The van der Waals surface area contributed by atoms with E-state index in [0.717, 1.165) is 34.5 Å². The zero-order valence-corrected chi connectivity index (χ0v) is 11.1. The zero-order valence-electron chi connectivity index (χ0n) is 11.1. The Kier molecular flexibility index (Phi) is 3.73. The lowest BCUT2D eigenvalue weighted by molar-refractivity contribution is 0.275. The van der Waals surface area contributed by atoms with Crippen LogP contribution in [-0.2, 0) is 17.7 Å². The molecule has 102 valence electrons. The SMILES string of the molecule is NCCc1cccc(Oc2ccc3c(c2)COB3O)c1. The summed E-state index contributed by atoms with van der Waals surface area (Å²) in [6.07, 6.45) is 0.835. The van der Waals surface area contributed by atoms with Gasteiger partial charge in [0.15, 0.2) is 0 Å². The van der Waals surface area contributed by atoms with E-state index in [1.807, 2.05) is 42.5 Å². The number of hydrogen-bond donors (Lipinski definition) is 2. The lowest BCUT2D eigenvalue weighted by Crippen LogP contribution is -2.27. The van der Waals surface area contributed by atoms with E-state index in [2.05, 4.69) is 0 Å². The minimum atomic E-state index is -0.813. The molecule has 0 fully saturated rings. The summed E-state index contributed by atoms with van der Waals surface area (Å²) in [5.74, 6) is 1.53. The Morgan fingerprint density at radius 1 is 1.20 bits per heavy atom. The first-order chi connectivity index (χ1) is 9.76. The number of ether oxygens (including phenoxy) is 1. The minimum absolute atomic E-state index is 0.418. The van der Waals surface area contributed by atoms with Gasteiger partial charge in [-0.05, 0) is 53.8 Å².